The fraction of sp³-hybridized carbons (Fsp3) is 1.00. The maximum atomic E-state index is 8.47. The van der Waals surface area contributed by atoms with Crippen molar-refractivity contribution in [1.29, 1.82) is 0 Å². The second kappa shape index (κ2) is 18.6. The second-order valence-corrected chi connectivity index (χ2v) is 3.24. The Labute approximate surface area is 87.8 Å². The molecule has 3 heteroatoms. The molecule has 0 fully saturated rings. The first kappa shape index (κ1) is 16.3. The number of aliphatic hydroxyl groups is 3. The van der Waals surface area contributed by atoms with Crippen molar-refractivity contribution in [2.45, 2.75) is 51.9 Å². The zero-order valence-corrected chi connectivity index (χ0v) is 9.41. The summed E-state index contributed by atoms with van der Waals surface area (Å²) in [5.74, 6) is 0. The normalized spacial score (nSPS) is 9.43. The van der Waals surface area contributed by atoms with E-state index in [4.69, 9.17) is 15.3 Å². The predicted molar refractivity (Wildman–Crippen MR) is 59.3 cm³/mol. The summed E-state index contributed by atoms with van der Waals surface area (Å²) < 4.78 is 0. The topological polar surface area (TPSA) is 60.7 Å². The fourth-order valence-corrected chi connectivity index (χ4v) is 1.11. The van der Waals surface area contributed by atoms with Gasteiger partial charge in [0.1, 0.15) is 0 Å². The van der Waals surface area contributed by atoms with Crippen molar-refractivity contribution in [3.63, 3.8) is 0 Å². The molecule has 0 aromatic heterocycles. The lowest BCUT2D eigenvalue weighted by molar-refractivity contribution is 0.278. The Morgan fingerprint density at radius 3 is 1.00 bits per heavy atom. The molecule has 0 bridgehead atoms. The van der Waals surface area contributed by atoms with E-state index in [1.54, 1.807) is 6.92 Å². The minimum absolute atomic E-state index is 0.250. The minimum Gasteiger partial charge on any atom is -0.397 e. The molecule has 3 N–H and O–H groups in total. The summed E-state index contributed by atoms with van der Waals surface area (Å²) in [5, 5.41) is 24.5. The molecule has 0 aliphatic rings. The average Bonchev–Trinajstić information content (AvgIpc) is 2.18. The van der Waals surface area contributed by atoms with E-state index in [2.05, 4.69) is 0 Å². The Kier molecular flexibility index (Phi) is 21.7. The SMILES string of the molecule is CCO.OCCCCCCCCCO. The van der Waals surface area contributed by atoms with Crippen molar-refractivity contribution in [1.82, 2.24) is 0 Å². The molecule has 88 valence electrons. The molecular weight excluding hydrogens is 180 g/mol. The smallest absolute Gasteiger partial charge is 0.0431 e. The van der Waals surface area contributed by atoms with Gasteiger partial charge in [-0.1, -0.05) is 32.1 Å². The van der Waals surface area contributed by atoms with Gasteiger partial charge in [0.05, 0.1) is 0 Å². The molecule has 0 rings (SSSR count). The predicted octanol–water partition coefficient (Wildman–Crippen LogP) is 1.70. The summed E-state index contributed by atoms with van der Waals surface area (Å²) in [6, 6.07) is 0. The van der Waals surface area contributed by atoms with E-state index >= 15 is 0 Å². The van der Waals surface area contributed by atoms with Crippen molar-refractivity contribution in [3.05, 3.63) is 0 Å². The highest BCUT2D eigenvalue weighted by Crippen LogP contribution is 2.06. The number of hydrogen-bond acceptors (Lipinski definition) is 3. The zero-order valence-electron chi connectivity index (χ0n) is 9.41. The van der Waals surface area contributed by atoms with Crippen LogP contribution in [0, 0.1) is 0 Å². The maximum Gasteiger partial charge on any atom is 0.0431 e. The summed E-state index contributed by atoms with van der Waals surface area (Å²) in [5.41, 5.74) is 0. The Bertz CT molecular complexity index is 68.9. The van der Waals surface area contributed by atoms with Crippen LogP contribution in [0.3, 0.4) is 0 Å². The van der Waals surface area contributed by atoms with E-state index in [9.17, 15) is 0 Å². The highest BCUT2D eigenvalue weighted by atomic mass is 16.3. The Balaban J connectivity index is 0. The molecule has 0 aliphatic heterocycles. The van der Waals surface area contributed by atoms with Gasteiger partial charge in [0.25, 0.3) is 0 Å². The van der Waals surface area contributed by atoms with E-state index in [-0.39, 0.29) is 6.61 Å². The molecule has 3 nitrogen and oxygen atoms in total. The third kappa shape index (κ3) is 22.6. The third-order valence-corrected chi connectivity index (χ3v) is 1.82. The van der Waals surface area contributed by atoms with Crippen LogP contribution in [-0.2, 0) is 0 Å². The van der Waals surface area contributed by atoms with E-state index < -0.39 is 0 Å². The first-order chi connectivity index (χ1) is 6.83. The van der Waals surface area contributed by atoms with Crippen LogP contribution in [0.4, 0.5) is 0 Å². The zero-order chi connectivity index (χ0) is 11.1. The Morgan fingerprint density at radius 2 is 0.786 bits per heavy atom. The summed E-state index contributed by atoms with van der Waals surface area (Å²) in [6.07, 6.45) is 7.89. The lowest BCUT2D eigenvalue weighted by atomic mass is 10.1. The monoisotopic (exact) mass is 206 g/mol. The van der Waals surface area contributed by atoms with Crippen molar-refractivity contribution < 1.29 is 15.3 Å². The quantitative estimate of drug-likeness (QED) is 0.530. The van der Waals surface area contributed by atoms with Gasteiger partial charge in [-0.25, -0.2) is 0 Å². The molecule has 0 aromatic carbocycles. The maximum absolute atomic E-state index is 8.47. The van der Waals surface area contributed by atoms with Crippen LogP contribution in [0.15, 0.2) is 0 Å². The molecule has 0 unspecified atom stereocenters. The van der Waals surface area contributed by atoms with E-state index in [1.165, 1.54) is 19.3 Å². The Morgan fingerprint density at radius 1 is 0.571 bits per heavy atom. The molecule has 0 heterocycles. The fourth-order valence-electron chi connectivity index (χ4n) is 1.11. The van der Waals surface area contributed by atoms with E-state index in [0.29, 0.717) is 13.2 Å². The van der Waals surface area contributed by atoms with Crippen LogP contribution >= 0.6 is 0 Å². The van der Waals surface area contributed by atoms with Gasteiger partial charge < -0.3 is 15.3 Å². The lowest BCUT2D eigenvalue weighted by Gasteiger charge is -1.98. The molecule has 0 radical (unpaired) electrons. The number of unbranched alkanes of at least 4 members (excludes halogenated alkanes) is 6. The van der Waals surface area contributed by atoms with Gasteiger partial charge in [0.15, 0.2) is 0 Å². The molecule has 0 spiro atoms. The van der Waals surface area contributed by atoms with Crippen molar-refractivity contribution in [3.8, 4) is 0 Å². The van der Waals surface area contributed by atoms with Gasteiger partial charge in [-0.05, 0) is 19.8 Å². The molecule has 0 aromatic rings. The second-order valence-electron chi connectivity index (χ2n) is 3.24. The van der Waals surface area contributed by atoms with Gasteiger partial charge in [0, 0.05) is 19.8 Å². The van der Waals surface area contributed by atoms with Crippen LogP contribution < -0.4 is 0 Å². The van der Waals surface area contributed by atoms with Crippen LogP contribution in [-0.4, -0.2) is 35.1 Å². The first-order valence-electron chi connectivity index (χ1n) is 5.66. The summed E-state index contributed by atoms with van der Waals surface area (Å²) in [7, 11) is 0. The van der Waals surface area contributed by atoms with Gasteiger partial charge in [-0.3, -0.25) is 0 Å². The van der Waals surface area contributed by atoms with E-state index in [1.807, 2.05) is 0 Å². The number of aliphatic hydroxyl groups excluding tert-OH is 3. The summed E-state index contributed by atoms with van der Waals surface area (Å²) in [6.45, 7) is 2.59. The van der Waals surface area contributed by atoms with Gasteiger partial charge >= 0.3 is 0 Å². The Hall–Kier alpha value is -0.120. The van der Waals surface area contributed by atoms with Crippen LogP contribution in [0.2, 0.25) is 0 Å². The molecule has 0 saturated heterocycles. The highest BCUT2D eigenvalue weighted by Gasteiger charge is 1.89. The van der Waals surface area contributed by atoms with Gasteiger partial charge in [-0.15, -0.1) is 0 Å². The summed E-state index contributed by atoms with van der Waals surface area (Å²) >= 11 is 0. The molecule has 0 saturated carbocycles. The number of hydrogen-bond donors (Lipinski definition) is 3. The van der Waals surface area contributed by atoms with Crippen LogP contribution in [0.25, 0.3) is 0 Å². The largest absolute Gasteiger partial charge is 0.397 e. The summed E-state index contributed by atoms with van der Waals surface area (Å²) in [4.78, 5) is 0. The van der Waals surface area contributed by atoms with E-state index in [0.717, 1.165) is 25.7 Å². The standard InChI is InChI=1S/C9H20O2.C2H6O/c10-8-6-4-2-1-3-5-7-9-11;1-2-3/h10-11H,1-9H2;3H,2H2,1H3. The van der Waals surface area contributed by atoms with Gasteiger partial charge in [0.2, 0.25) is 0 Å². The number of rotatable bonds is 8. The van der Waals surface area contributed by atoms with Crippen LogP contribution in [0.5, 0.6) is 0 Å². The third-order valence-electron chi connectivity index (χ3n) is 1.82. The van der Waals surface area contributed by atoms with Crippen molar-refractivity contribution >= 4 is 0 Å². The van der Waals surface area contributed by atoms with Crippen LogP contribution in [0.1, 0.15) is 51.9 Å². The van der Waals surface area contributed by atoms with Crippen molar-refractivity contribution in [2.24, 2.45) is 0 Å². The minimum atomic E-state index is 0.250. The van der Waals surface area contributed by atoms with Crippen molar-refractivity contribution in [2.75, 3.05) is 19.8 Å². The molecular formula is C11H26O3. The molecule has 0 atom stereocenters. The lowest BCUT2D eigenvalue weighted by Crippen LogP contribution is -1.85. The first-order valence-corrected chi connectivity index (χ1v) is 5.66. The average molecular weight is 206 g/mol. The molecule has 14 heavy (non-hydrogen) atoms. The molecule has 0 amide bonds. The highest BCUT2D eigenvalue weighted by molar-refractivity contribution is 4.44. The molecule has 0 aliphatic carbocycles. The van der Waals surface area contributed by atoms with Gasteiger partial charge in [-0.2, -0.15) is 0 Å².